The first-order valence-electron chi connectivity index (χ1n) is 13.9. The third-order valence-electron chi connectivity index (χ3n) is 6.56. The zero-order chi connectivity index (χ0) is 31.4. The van der Waals surface area contributed by atoms with Crippen molar-refractivity contribution >= 4 is 34.7 Å². The molecule has 2 aromatic heterocycles. The Bertz CT molecular complexity index is 1470. The average Bonchev–Trinajstić information content (AvgIpc) is 3.36. The van der Waals surface area contributed by atoms with Gasteiger partial charge in [-0.2, -0.15) is 4.98 Å². The van der Waals surface area contributed by atoms with Crippen molar-refractivity contribution in [3.8, 4) is 11.5 Å². The Morgan fingerprint density at radius 1 is 1.14 bits per heavy atom. The number of nitrogen functional groups attached to an aromatic ring is 1. The monoisotopic (exact) mass is 602 g/mol. The summed E-state index contributed by atoms with van der Waals surface area (Å²) in [6.07, 6.45) is 3.99. The van der Waals surface area contributed by atoms with E-state index in [4.69, 9.17) is 25.7 Å². The topological polar surface area (TPSA) is 243 Å². The Kier molecular flexibility index (Phi) is 12.1. The maximum atomic E-state index is 12.3. The summed E-state index contributed by atoms with van der Waals surface area (Å²) < 4.78 is 16.2. The number of nitrogens with two attached hydrogens (primary N) is 2. The number of primary amides is 1. The fraction of sp³-hybridized carbons (Fsp3) is 0.481. The number of nitro benzene ring substituents is 1. The number of nitrogens with zero attached hydrogens (tertiary/aromatic N) is 2. The predicted molar refractivity (Wildman–Crippen MR) is 158 cm³/mol. The number of nitro groups is 1. The molecule has 234 valence electrons. The van der Waals surface area contributed by atoms with Crippen LogP contribution in [0, 0.1) is 10.1 Å². The molecule has 0 radical (unpaired) electrons. The van der Waals surface area contributed by atoms with E-state index in [0.717, 1.165) is 37.8 Å². The van der Waals surface area contributed by atoms with E-state index in [1.54, 1.807) is 6.20 Å². The number of ether oxygens (including phenoxy) is 3. The van der Waals surface area contributed by atoms with Crippen LogP contribution in [0.1, 0.15) is 62.7 Å². The maximum Gasteiger partial charge on any atom is 0.407 e. The Balaban J connectivity index is 1.37. The molecule has 3 rings (SSSR count). The minimum absolute atomic E-state index is 0.0632. The number of fused-ring (bicyclic) bond motifs is 1. The summed E-state index contributed by atoms with van der Waals surface area (Å²) in [6, 6.07) is 2.61. The Labute approximate surface area is 247 Å². The first kappa shape index (κ1) is 32.7. The number of hydrogen-bond donors (Lipinski definition) is 6. The highest BCUT2D eigenvalue weighted by molar-refractivity contribution is 5.79. The number of carbonyl (C=O) groups excluding carboxylic acids is 2. The lowest BCUT2D eigenvalue weighted by atomic mass is 10.1. The quantitative estimate of drug-likeness (QED) is 0.0701. The number of aromatic nitrogens is 3. The zero-order valence-electron chi connectivity index (χ0n) is 24.2. The van der Waals surface area contributed by atoms with Gasteiger partial charge in [-0.25, -0.2) is 4.79 Å². The lowest BCUT2D eigenvalue weighted by Gasteiger charge is -2.17. The third kappa shape index (κ3) is 9.59. The molecule has 0 aliphatic heterocycles. The number of aromatic amines is 2. The van der Waals surface area contributed by atoms with Gasteiger partial charge in [0.25, 0.3) is 11.2 Å². The van der Waals surface area contributed by atoms with Gasteiger partial charge in [0.15, 0.2) is 11.5 Å². The van der Waals surface area contributed by atoms with Gasteiger partial charge in [-0.15, -0.1) is 0 Å². The van der Waals surface area contributed by atoms with Gasteiger partial charge in [0.05, 0.1) is 35.7 Å². The Morgan fingerprint density at radius 3 is 2.58 bits per heavy atom. The number of carbonyl (C=O) groups is 2. The van der Waals surface area contributed by atoms with Gasteiger partial charge in [0, 0.05) is 25.7 Å². The van der Waals surface area contributed by atoms with E-state index >= 15 is 0 Å². The molecule has 8 N–H and O–H groups in total. The van der Waals surface area contributed by atoms with Gasteiger partial charge in [0.1, 0.15) is 11.8 Å². The normalized spacial score (nSPS) is 11.7. The summed E-state index contributed by atoms with van der Waals surface area (Å²) in [7, 11) is 1.39. The van der Waals surface area contributed by atoms with E-state index < -0.39 is 23.0 Å². The lowest BCUT2D eigenvalue weighted by Crippen LogP contribution is -2.26. The SMILES string of the molecule is COc1cc(C(C)OC(=O)NCCCCCCNCc2c[nH]c3nc(N)[nH]c(=O)c23)c([N+](=O)[O-])cc1OCCCC(N)=O. The highest BCUT2D eigenvalue weighted by Gasteiger charge is 2.26. The largest absolute Gasteiger partial charge is 0.493 e. The molecule has 1 atom stereocenters. The van der Waals surface area contributed by atoms with E-state index in [0.29, 0.717) is 30.5 Å². The van der Waals surface area contributed by atoms with E-state index in [-0.39, 0.29) is 47.3 Å². The van der Waals surface area contributed by atoms with E-state index in [2.05, 4.69) is 25.6 Å². The molecule has 2 heterocycles. The minimum atomic E-state index is -0.940. The van der Waals surface area contributed by atoms with E-state index in [1.165, 1.54) is 26.2 Å². The smallest absolute Gasteiger partial charge is 0.407 e. The van der Waals surface area contributed by atoms with Crippen molar-refractivity contribution in [2.24, 2.45) is 5.73 Å². The van der Waals surface area contributed by atoms with Crippen molar-refractivity contribution in [3.05, 3.63) is 49.9 Å². The van der Waals surface area contributed by atoms with Crippen LogP contribution < -0.4 is 37.1 Å². The fourth-order valence-corrected chi connectivity index (χ4v) is 4.42. The van der Waals surface area contributed by atoms with Crippen LogP contribution in [0.5, 0.6) is 11.5 Å². The van der Waals surface area contributed by atoms with Crippen molar-refractivity contribution < 1.29 is 28.7 Å². The molecule has 0 fully saturated rings. The summed E-state index contributed by atoms with van der Waals surface area (Å²) in [5.74, 6) is -0.0570. The van der Waals surface area contributed by atoms with Gasteiger partial charge in [-0.05, 0) is 44.4 Å². The molecular weight excluding hydrogens is 564 g/mol. The highest BCUT2D eigenvalue weighted by Crippen LogP contribution is 2.38. The van der Waals surface area contributed by atoms with Crippen molar-refractivity contribution in [2.75, 3.05) is 32.5 Å². The van der Waals surface area contributed by atoms with Crippen LogP contribution in [0.4, 0.5) is 16.4 Å². The molecule has 0 aliphatic carbocycles. The first-order chi connectivity index (χ1) is 20.6. The standard InChI is InChI=1S/C27H38N8O8/c1-16(18-12-20(41-2)21(13-19(18)35(39)40)42-11-7-8-22(28)36)43-27(38)31-10-6-4-3-5-9-30-14-17-15-32-24-23(17)25(37)34-26(29)33-24/h12-13,15-16,30H,3-11,14H2,1-2H3,(H2,28,36)(H,31,38)(H4,29,32,33,34,37). The van der Waals surface area contributed by atoms with Crippen LogP contribution in [0.15, 0.2) is 23.1 Å². The summed E-state index contributed by atoms with van der Waals surface area (Å²) in [5.41, 5.74) is 11.5. The summed E-state index contributed by atoms with van der Waals surface area (Å²) >= 11 is 0. The minimum Gasteiger partial charge on any atom is -0.493 e. The number of rotatable bonds is 18. The van der Waals surface area contributed by atoms with E-state index in [9.17, 15) is 24.5 Å². The number of alkyl carbamates (subject to hydrolysis) is 1. The molecular formula is C27H38N8O8. The number of amides is 2. The molecule has 43 heavy (non-hydrogen) atoms. The molecule has 0 spiro atoms. The summed E-state index contributed by atoms with van der Waals surface area (Å²) in [6.45, 7) is 3.29. The average molecular weight is 603 g/mol. The number of anilines is 1. The zero-order valence-corrected chi connectivity index (χ0v) is 24.2. The molecule has 1 unspecified atom stereocenters. The van der Waals surface area contributed by atoms with Crippen molar-refractivity contribution in [1.82, 2.24) is 25.6 Å². The van der Waals surface area contributed by atoms with Gasteiger partial charge < -0.3 is 41.3 Å². The fourth-order valence-electron chi connectivity index (χ4n) is 4.42. The van der Waals surface area contributed by atoms with Gasteiger partial charge in [0.2, 0.25) is 11.9 Å². The van der Waals surface area contributed by atoms with Crippen LogP contribution >= 0.6 is 0 Å². The summed E-state index contributed by atoms with van der Waals surface area (Å²) in [5, 5.41) is 18.2. The molecule has 0 saturated carbocycles. The van der Waals surface area contributed by atoms with Gasteiger partial charge in [-0.1, -0.05) is 12.8 Å². The molecule has 1 aromatic carbocycles. The van der Waals surface area contributed by atoms with Crippen LogP contribution in [0.3, 0.4) is 0 Å². The van der Waals surface area contributed by atoms with Gasteiger partial charge in [-0.3, -0.25) is 24.7 Å². The van der Waals surface area contributed by atoms with E-state index in [1.807, 2.05) is 0 Å². The second kappa shape index (κ2) is 16.0. The molecule has 16 heteroatoms. The Hall–Kier alpha value is -4.86. The highest BCUT2D eigenvalue weighted by atomic mass is 16.6. The molecule has 2 amide bonds. The molecule has 0 bridgehead atoms. The number of nitrogens with one attached hydrogen (secondary N) is 4. The third-order valence-corrected chi connectivity index (χ3v) is 6.56. The van der Waals surface area contributed by atoms with Crippen molar-refractivity contribution in [3.63, 3.8) is 0 Å². The lowest BCUT2D eigenvalue weighted by molar-refractivity contribution is -0.386. The van der Waals surface area contributed by atoms with Gasteiger partial charge >= 0.3 is 6.09 Å². The first-order valence-corrected chi connectivity index (χ1v) is 13.9. The van der Waals surface area contributed by atoms with Crippen LogP contribution in [-0.2, 0) is 16.1 Å². The molecule has 3 aromatic rings. The second-order valence-corrected chi connectivity index (χ2v) is 9.79. The molecule has 0 aliphatic rings. The molecule has 0 saturated heterocycles. The second-order valence-electron chi connectivity index (χ2n) is 9.79. The predicted octanol–water partition coefficient (Wildman–Crippen LogP) is 2.53. The maximum absolute atomic E-state index is 12.3. The van der Waals surface area contributed by atoms with Crippen LogP contribution in [-0.4, -0.2) is 58.7 Å². The number of H-pyrrole nitrogens is 2. The number of benzene rings is 1. The number of unbranched alkanes of at least 4 members (excludes halogenated alkanes) is 3. The summed E-state index contributed by atoms with van der Waals surface area (Å²) in [4.78, 5) is 56.0. The van der Waals surface area contributed by atoms with Crippen molar-refractivity contribution in [1.29, 1.82) is 0 Å². The number of methoxy groups -OCH3 is 1. The Morgan fingerprint density at radius 2 is 1.88 bits per heavy atom. The van der Waals surface area contributed by atoms with Crippen LogP contribution in [0.2, 0.25) is 0 Å². The number of hydrogen-bond acceptors (Lipinski definition) is 11. The molecule has 16 nitrogen and oxygen atoms in total. The van der Waals surface area contributed by atoms with Crippen LogP contribution in [0.25, 0.3) is 11.0 Å². The van der Waals surface area contributed by atoms with Crippen molar-refractivity contribution in [2.45, 2.75) is 58.1 Å².